The van der Waals surface area contributed by atoms with Gasteiger partial charge in [0.2, 0.25) is 11.0 Å². The summed E-state index contributed by atoms with van der Waals surface area (Å²) in [5.74, 6) is 0.244. The molecule has 0 saturated carbocycles. The van der Waals surface area contributed by atoms with Gasteiger partial charge in [-0.1, -0.05) is 59.5 Å². The van der Waals surface area contributed by atoms with Crippen LogP contribution < -0.4 is 10.2 Å². The molecule has 1 fully saturated rings. The molecule has 168 valence electrons. The Bertz CT molecular complexity index is 1260. The quantitative estimate of drug-likeness (QED) is 0.410. The van der Waals surface area contributed by atoms with Crippen molar-refractivity contribution in [2.75, 3.05) is 42.1 Å². The van der Waals surface area contributed by atoms with Gasteiger partial charge in [0.25, 0.3) is 5.91 Å². The van der Waals surface area contributed by atoms with Crippen molar-refractivity contribution in [1.29, 1.82) is 0 Å². The minimum absolute atomic E-state index is 0.0463. The Morgan fingerprint density at radius 2 is 1.76 bits per heavy atom. The van der Waals surface area contributed by atoms with Crippen LogP contribution in [0.2, 0.25) is 0 Å². The Labute approximate surface area is 199 Å². The summed E-state index contributed by atoms with van der Waals surface area (Å²) in [6, 6.07) is 17.2. The van der Waals surface area contributed by atoms with E-state index >= 15 is 0 Å². The van der Waals surface area contributed by atoms with Gasteiger partial charge < -0.3 is 20.1 Å². The van der Waals surface area contributed by atoms with E-state index in [4.69, 9.17) is 0 Å². The monoisotopic (exact) mass is 478 g/mol. The number of H-pyrrole nitrogens is 1. The minimum Gasteiger partial charge on any atom is -0.360 e. The fourth-order valence-electron chi connectivity index (χ4n) is 3.75. The third-order valence-corrected chi connectivity index (χ3v) is 7.55. The maximum absolute atomic E-state index is 13.0. The number of aromatic amines is 1. The number of carbonyl (C=O) groups excluding carboxylic acids is 2. The summed E-state index contributed by atoms with van der Waals surface area (Å²) < 4.78 is 0.755. The van der Waals surface area contributed by atoms with Gasteiger partial charge in [-0.2, -0.15) is 0 Å². The van der Waals surface area contributed by atoms with Crippen LogP contribution in [0.3, 0.4) is 0 Å². The Morgan fingerprint density at radius 3 is 2.58 bits per heavy atom. The van der Waals surface area contributed by atoms with Crippen LogP contribution in [-0.2, 0) is 4.79 Å². The first-order valence-electron chi connectivity index (χ1n) is 10.6. The Kier molecular flexibility index (Phi) is 6.27. The molecule has 2 aromatic carbocycles. The number of hydrogen-bond donors (Lipinski definition) is 2. The molecule has 1 aliphatic heterocycles. The third-order valence-electron chi connectivity index (χ3n) is 5.44. The Balaban J connectivity index is 1.13. The van der Waals surface area contributed by atoms with Crippen molar-refractivity contribution in [3.63, 3.8) is 0 Å². The first kappa shape index (κ1) is 21.5. The molecule has 0 bridgehead atoms. The van der Waals surface area contributed by atoms with Crippen LogP contribution in [-0.4, -0.2) is 63.8 Å². The van der Waals surface area contributed by atoms with E-state index in [0.29, 0.717) is 31.7 Å². The molecule has 5 rings (SSSR count). The number of fused-ring (bicyclic) bond motifs is 1. The summed E-state index contributed by atoms with van der Waals surface area (Å²) in [7, 11) is 0. The number of carbonyl (C=O) groups is 2. The summed E-state index contributed by atoms with van der Waals surface area (Å²) in [6.45, 7) is 2.64. The lowest BCUT2D eigenvalue weighted by Gasteiger charge is -2.34. The molecule has 0 spiro atoms. The molecule has 0 atom stereocenters. The molecular formula is C23H22N6O2S2. The van der Waals surface area contributed by atoms with E-state index in [9.17, 15) is 9.59 Å². The topological polar surface area (TPSA) is 94.2 Å². The second kappa shape index (κ2) is 9.63. The van der Waals surface area contributed by atoms with E-state index in [1.807, 2.05) is 59.5 Å². The fourth-order valence-corrected chi connectivity index (χ4v) is 5.45. The Morgan fingerprint density at radius 1 is 1.00 bits per heavy atom. The van der Waals surface area contributed by atoms with Gasteiger partial charge in [0, 0.05) is 49.0 Å². The molecule has 0 unspecified atom stereocenters. The molecule has 0 radical (unpaired) electrons. The van der Waals surface area contributed by atoms with Gasteiger partial charge in [-0.25, -0.2) is 0 Å². The van der Waals surface area contributed by atoms with Crippen LogP contribution in [0.4, 0.5) is 10.8 Å². The zero-order chi connectivity index (χ0) is 22.6. The van der Waals surface area contributed by atoms with Gasteiger partial charge in [-0.05, 0) is 18.2 Å². The first-order chi connectivity index (χ1) is 16.2. The number of para-hydroxylation sites is 2. The summed E-state index contributed by atoms with van der Waals surface area (Å²) in [5.41, 5.74) is 2.46. The van der Waals surface area contributed by atoms with Crippen molar-refractivity contribution in [2.24, 2.45) is 0 Å². The third kappa shape index (κ3) is 4.86. The summed E-state index contributed by atoms with van der Waals surface area (Å²) >= 11 is 2.85. The second-order valence-electron chi connectivity index (χ2n) is 7.58. The molecule has 1 saturated heterocycles. The van der Waals surface area contributed by atoms with Crippen LogP contribution >= 0.6 is 23.1 Å². The molecule has 2 amide bonds. The number of rotatable bonds is 6. The van der Waals surface area contributed by atoms with E-state index in [1.54, 1.807) is 6.20 Å². The van der Waals surface area contributed by atoms with Gasteiger partial charge in [-0.15, -0.1) is 10.2 Å². The minimum atomic E-state index is -0.0765. The Hall–Kier alpha value is -3.37. The number of nitrogens with zero attached hydrogens (tertiary/aromatic N) is 4. The van der Waals surface area contributed by atoms with Crippen molar-refractivity contribution < 1.29 is 9.59 Å². The van der Waals surface area contributed by atoms with Crippen LogP contribution in [0.15, 0.2) is 65.1 Å². The van der Waals surface area contributed by atoms with Gasteiger partial charge in [0.1, 0.15) is 0 Å². The van der Waals surface area contributed by atoms with E-state index < -0.39 is 0 Å². The molecule has 33 heavy (non-hydrogen) atoms. The highest BCUT2D eigenvalue weighted by Crippen LogP contribution is 2.29. The number of aromatic nitrogens is 3. The number of benzene rings is 2. The molecule has 10 heteroatoms. The van der Waals surface area contributed by atoms with E-state index in [2.05, 4.69) is 25.4 Å². The molecule has 1 aliphatic rings. The summed E-state index contributed by atoms with van der Waals surface area (Å²) in [4.78, 5) is 32.4. The number of anilines is 2. The summed E-state index contributed by atoms with van der Waals surface area (Å²) in [6.07, 6.45) is 1.79. The second-order valence-corrected chi connectivity index (χ2v) is 9.76. The molecule has 3 heterocycles. The molecule has 0 aliphatic carbocycles. The lowest BCUT2D eigenvalue weighted by molar-refractivity contribution is -0.113. The standard InChI is InChI=1S/C23H22N6O2S2/c30-20(25-16-6-2-1-3-7-16)15-32-23-27-26-22(33-23)29-12-10-28(11-13-29)21(31)18-14-24-19-9-5-4-8-17(18)19/h1-9,14,24H,10-13,15H2,(H,25,30). The van der Waals surface area contributed by atoms with Gasteiger partial charge in [0.15, 0.2) is 4.34 Å². The maximum Gasteiger partial charge on any atom is 0.256 e. The van der Waals surface area contributed by atoms with Gasteiger partial charge in [0.05, 0.1) is 11.3 Å². The molecule has 4 aromatic rings. The smallest absolute Gasteiger partial charge is 0.256 e. The predicted octanol–water partition coefficient (Wildman–Crippen LogP) is 3.71. The van der Waals surface area contributed by atoms with Gasteiger partial charge >= 0.3 is 0 Å². The van der Waals surface area contributed by atoms with Crippen LogP contribution in [0.25, 0.3) is 10.9 Å². The van der Waals surface area contributed by atoms with Crippen LogP contribution in [0, 0.1) is 0 Å². The molecular weight excluding hydrogens is 456 g/mol. The largest absolute Gasteiger partial charge is 0.360 e. The van der Waals surface area contributed by atoms with E-state index in [0.717, 1.165) is 26.1 Å². The highest BCUT2D eigenvalue weighted by molar-refractivity contribution is 8.01. The molecule has 2 aromatic heterocycles. The van der Waals surface area contributed by atoms with Crippen molar-refractivity contribution in [1.82, 2.24) is 20.1 Å². The van der Waals surface area contributed by atoms with Crippen LogP contribution in [0.1, 0.15) is 10.4 Å². The summed E-state index contributed by atoms with van der Waals surface area (Å²) in [5, 5.41) is 13.2. The number of amides is 2. The average molecular weight is 479 g/mol. The van der Waals surface area contributed by atoms with Crippen molar-refractivity contribution in [2.45, 2.75) is 4.34 Å². The van der Waals surface area contributed by atoms with E-state index in [1.165, 1.54) is 23.1 Å². The number of piperazine rings is 1. The van der Waals surface area contributed by atoms with Crippen molar-refractivity contribution >= 4 is 56.6 Å². The van der Waals surface area contributed by atoms with Crippen LogP contribution in [0.5, 0.6) is 0 Å². The number of nitrogens with one attached hydrogen (secondary N) is 2. The SMILES string of the molecule is O=C(CSc1nnc(N2CCN(C(=O)c3c[nH]c4ccccc34)CC2)s1)Nc1ccccc1. The highest BCUT2D eigenvalue weighted by atomic mass is 32.2. The first-order valence-corrected chi connectivity index (χ1v) is 12.4. The average Bonchev–Trinajstić information content (AvgIpc) is 3.51. The fraction of sp³-hybridized carbons (Fsp3) is 0.217. The zero-order valence-corrected chi connectivity index (χ0v) is 19.4. The lowest BCUT2D eigenvalue weighted by atomic mass is 10.1. The van der Waals surface area contributed by atoms with Gasteiger partial charge in [-0.3, -0.25) is 9.59 Å². The van der Waals surface area contributed by atoms with Crippen molar-refractivity contribution in [3.05, 3.63) is 66.4 Å². The number of hydrogen-bond acceptors (Lipinski definition) is 7. The van der Waals surface area contributed by atoms with Crippen molar-refractivity contribution in [3.8, 4) is 0 Å². The predicted molar refractivity (Wildman–Crippen MR) is 132 cm³/mol. The van der Waals surface area contributed by atoms with E-state index in [-0.39, 0.29) is 17.6 Å². The molecule has 2 N–H and O–H groups in total. The maximum atomic E-state index is 13.0. The highest BCUT2D eigenvalue weighted by Gasteiger charge is 2.25. The number of thioether (sulfide) groups is 1. The normalized spacial score (nSPS) is 13.9. The lowest BCUT2D eigenvalue weighted by Crippen LogP contribution is -2.48. The zero-order valence-electron chi connectivity index (χ0n) is 17.7. The molecule has 8 nitrogen and oxygen atoms in total.